The number of rotatable bonds is 4. The first-order chi connectivity index (χ1) is 17.1. The first kappa shape index (κ1) is 26.8. The molecular weight excluding hydrogens is 485 g/mol. The van der Waals surface area contributed by atoms with E-state index in [4.69, 9.17) is 0 Å². The third-order valence-electron chi connectivity index (χ3n) is 6.90. The van der Waals surface area contributed by atoms with E-state index in [2.05, 4.69) is 25.8 Å². The average molecular weight is 516 g/mol. The van der Waals surface area contributed by atoms with E-state index < -0.39 is 46.5 Å². The summed E-state index contributed by atoms with van der Waals surface area (Å²) in [6.45, 7) is 12.3. The SMILES string of the molecule is CC(C)(C)c1cc(C=Nc2ccccc2C2CC2c2c(F)c(F)c(F)c(F)c2F)c(O)c(C(C)(C)C)c1. The zero-order chi connectivity index (χ0) is 27.4. The quantitative estimate of drug-likeness (QED) is 0.160. The highest BCUT2D eigenvalue weighted by Gasteiger charge is 2.46. The van der Waals surface area contributed by atoms with E-state index in [0.29, 0.717) is 16.8 Å². The van der Waals surface area contributed by atoms with E-state index in [1.165, 1.54) is 0 Å². The van der Waals surface area contributed by atoms with Crippen LogP contribution < -0.4 is 0 Å². The summed E-state index contributed by atoms with van der Waals surface area (Å²) in [4.78, 5) is 4.59. The number of phenolic OH excluding ortho intramolecular Hbond substituents is 1. The van der Waals surface area contributed by atoms with Crippen molar-refractivity contribution in [2.75, 3.05) is 0 Å². The molecule has 0 heterocycles. The average Bonchev–Trinajstić information content (AvgIpc) is 3.59. The molecule has 4 rings (SSSR count). The standard InChI is InChI=1S/C30H30F5NO/c1-29(2,3)16-11-15(28(37)20(12-16)30(4,5)6)14-36-21-10-8-7-9-17(21)18-13-19(18)22-23(31)25(33)27(35)26(34)24(22)32/h7-12,14,18-19,37H,13H2,1-6H3. The third kappa shape index (κ3) is 5.00. The maximum Gasteiger partial charge on any atom is 0.200 e. The largest absolute Gasteiger partial charge is 0.507 e. The summed E-state index contributed by atoms with van der Waals surface area (Å²) >= 11 is 0. The topological polar surface area (TPSA) is 32.6 Å². The van der Waals surface area contributed by atoms with Crippen LogP contribution in [-0.4, -0.2) is 11.3 Å². The van der Waals surface area contributed by atoms with Crippen molar-refractivity contribution in [2.45, 2.75) is 70.6 Å². The number of halogens is 5. The van der Waals surface area contributed by atoms with Crippen LogP contribution in [0.3, 0.4) is 0 Å². The van der Waals surface area contributed by atoms with Crippen LogP contribution >= 0.6 is 0 Å². The Balaban J connectivity index is 1.73. The minimum atomic E-state index is -2.16. The molecule has 0 radical (unpaired) electrons. The van der Waals surface area contributed by atoms with Crippen LogP contribution in [0.25, 0.3) is 0 Å². The van der Waals surface area contributed by atoms with Crippen molar-refractivity contribution < 1.29 is 27.1 Å². The maximum absolute atomic E-state index is 14.4. The minimum Gasteiger partial charge on any atom is -0.507 e. The lowest BCUT2D eigenvalue weighted by Crippen LogP contribution is -2.17. The number of hydrogen-bond acceptors (Lipinski definition) is 2. The van der Waals surface area contributed by atoms with E-state index in [1.54, 1.807) is 30.5 Å². The van der Waals surface area contributed by atoms with Gasteiger partial charge in [-0.15, -0.1) is 0 Å². The molecule has 0 aromatic heterocycles. The van der Waals surface area contributed by atoms with Crippen molar-refractivity contribution >= 4 is 11.9 Å². The number of hydrogen-bond donors (Lipinski definition) is 1. The Labute approximate surface area is 213 Å². The molecule has 37 heavy (non-hydrogen) atoms. The summed E-state index contributed by atoms with van der Waals surface area (Å²) in [6, 6.07) is 10.8. The Morgan fingerprint density at radius 2 is 1.35 bits per heavy atom. The van der Waals surface area contributed by atoms with Crippen LogP contribution in [0.5, 0.6) is 5.75 Å². The second-order valence-corrected chi connectivity index (χ2v) is 11.7. The van der Waals surface area contributed by atoms with Gasteiger partial charge < -0.3 is 5.11 Å². The van der Waals surface area contributed by atoms with Crippen LogP contribution in [0.1, 0.15) is 87.6 Å². The predicted octanol–water partition coefficient (Wildman–Crippen LogP) is 8.70. The van der Waals surface area contributed by atoms with E-state index >= 15 is 0 Å². The van der Waals surface area contributed by atoms with Gasteiger partial charge in [0, 0.05) is 22.9 Å². The Bertz CT molecular complexity index is 1370. The molecule has 1 N–H and O–H groups in total. The monoisotopic (exact) mass is 515 g/mol. The number of nitrogens with zero attached hydrogens (tertiary/aromatic N) is 1. The van der Waals surface area contributed by atoms with Gasteiger partial charge in [0.25, 0.3) is 0 Å². The molecule has 1 aliphatic carbocycles. The minimum absolute atomic E-state index is 0.118. The Kier molecular flexibility index (Phi) is 6.72. The molecule has 1 aliphatic rings. The summed E-state index contributed by atoms with van der Waals surface area (Å²) in [7, 11) is 0. The van der Waals surface area contributed by atoms with E-state index in [-0.39, 0.29) is 23.0 Å². The van der Waals surface area contributed by atoms with Crippen molar-refractivity contribution in [2.24, 2.45) is 4.99 Å². The van der Waals surface area contributed by atoms with E-state index in [1.807, 2.05) is 32.9 Å². The molecule has 3 aromatic carbocycles. The zero-order valence-corrected chi connectivity index (χ0v) is 21.7. The summed E-state index contributed by atoms with van der Waals surface area (Å²) in [6.07, 6.45) is 1.78. The van der Waals surface area contributed by atoms with Crippen molar-refractivity contribution in [3.05, 3.63) is 93.3 Å². The normalized spacial score (nSPS) is 18.0. The number of phenols is 1. The van der Waals surface area contributed by atoms with Crippen LogP contribution in [0, 0.1) is 29.1 Å². The summed E-state index contributed by atoms with van der Waals surface area (Å²) < 4.78 is 69.8. The van der Waals surface area contributed by atoms with Crippen molar-refractivity contribution in [3.63, 3.8) is 0 Å². The van der Waals surface area contributed by atoms with E-state index in [9.17, 15) is 27.1 Å². The number of benzene rings is 3. The molecule has 196 valence electrons. The third-order valence-corrected chi connectivity index (χ3v) is 6.90. The van der Waals surface area contributed by atoms with E-state index in [0.717, 1.165) is 11.1 Å². The van der Waals surface area contributed by atoms with Crippen LogP contribution in [0.4, 0.5) is 27.6 Å². The zero-order valence-electron chi connectivity index (χ0n) is 21.7. The van der Waals surface area contributed by atoms with Gasteiger partial charge in [-0.1, -0.05) is 65.8 Å². The molecule has 1 fully saturated rings. The van der Waals surface area contributed by atoms with Crippen molar-refractivity contribution in [1.82, 2.24) is 0 Å². The van der Waals surface area contributed by atoms with Gasteiger partial charge >= 0.3 is 0 Å². The molecule has 0 bridgehead atoms. The van der Waals surface area contributed by atoms with Crippen LogP contribution in [-0.2, 0) is 10.8 Å². The van der Waals surface area contributed by atoms with Gasteiger partial charge in [-0.25, -0.2) is 22.0 Å². The molecule has 2 unspecified atom stereocenters. The molecule has 3 aromatic rings. The fourth-order valence-electron chi connectivity index (χ4n) is 4.62. The maximum atomic E-state index is 14.4. The Hall–Kier alpha value is -3.22. The molecule has 2 atom stereocenters. The highest BCUT2D eigenvalue weighted by atomic mass is 19.2. The van der Waals surface area contributed by atoms with Crippen LogP contribution in [0.15, 0.2) is 41.4 Å². The lowest BCUT2D eigenvalue weighted by atomic mass is 9.79. The highest BCUT2D eigenvalue weighted by molar-refractivity contribution is 5.87. The van der Waals surface area contributed by atoms with Gasteiger partial charge in [0.2, 0.25) is 5.82 Å². The lowest BCUT2D eigenvalue weighted by molar-refractivity contribution is 0.370. The van der Waals surface area contributed by atoms with Crippen LogP contribution in [0.2, 0.25) is 0 Å². The number of aliphatic imine (C=N–C) groups is 1. The fraction of sp³-hybridized carbons (Fsp3) is 0.367. The Morgan fingerprint density at radius 1 is 0.784 bits per heavy atom. The molecule has 7 heteroatoms. The van der Waals surface area contributed by atoms with Gasteiger partial charge in [0.1, 0.15) is 5.75 Å². The van der Waals surface area contributed by atoms with Crippen molar-refractivity contribution in [1.29, 1.82) is 0 Å². The second-order valence-electron chi connectivity index (χ2n) is 11.7. The van der Waals surface area contributed by atoms with Gasteiger partial charge in [-0.3, -0.25) is 4.99 Å². The second kappa shape index (κ2) is 9.26. The summed E-state index contributed by atoms with van der Waals surface area (Å²) in [5, 5.41) is 11.0. The molecule has 2 nitrogen and oxygen atoms in total. The number of para-hydroxylation sites is 1. The molecule has 1 saturated carbocycles. The molecule has 0 saturated heterocycles. The summed E-state index contributed by atoms with van der Waals surface area (Å²) in [5.41, 5.74) is 2.18. The lowest BCUT2D eigenvalue weighted by Gasteiger charge is -2.27. The first-order valence-corrected chi connectivity index (χ1v) is 12.1. The van der Waals surface area contributed by atoms with Gasteiger partial charge in [-0.05, 0) is 52.3 Å². The van der Waals surface area contributed by atoms with Gasteiger partial charge in [0.15, 0.2) is 23.3 Å². The first-order valence-electron chi connectivity index (χ1n) is 12.1. The predicted molar refractivity (Wildman–Crippen MR) is 136 cm³/mol. The molecule has 0 amide bonds. The van der Waals surface area contributed by atoms with Crippen molar-refractivity contribution in [3.8, 4) is 5.75 Å². The van der Waals surface area contributed by atoms with Gasteiger partial charge in [-0.2, -0.15) is 0 Å². The smallest absolute Gasteiger partial charge is 0.200 e. The number of aromatic hydroxyl groups is 1. The molecule has 0 spiro atoms. The highest BCUT2D eigenvalue weighted by Crippen LogP contribution is 2.58. The molecule has 0 aliphatic heterocycles. The van der Waals surface area contributed by atoms with Gasteiger partial charge in [0.05, 0.1) is 5.69 Å². The summed E-state index contributed by atoms with van der Waals surface area (Å²) in [5.74, 6) is -10.8. The fourth-order valence-corrected chi connectivity index (χ4v) is 4.62. The molecular formula is C30H30F5NO. The Morgan fingerprint density at radius 3 is 1.92 bits per heavy atom.